The Morgan fingerprint density at radius 2 is 1.48 bits per heavy atom. The van der Waals surface area contributed by atoms with Gasteiger partial charge in [-0.25, -0.2) is 0 Å². The smallest absolute Gasteiger partial charge is 0.127 e. The van der Waals surface area contributed by atoms with Crippen LogP contribution in [0.2, 0.25) is 0 Å². The number of aliphatic imine (C=N–C) groups is 2. The number of phenolic OH excluding ortho intramolecular Hbond substituents is 2. The van der Waals surface area contributed by atoms with Gasteiger partial charge in [-0.15, -0.1) is 0 Å². The van der Waals surface area contributed by atoms with Crippen LogP contribution in [0.25, 0.3) is 0 Å². The minimum Gasteiger partial charge on any atom is -0.507 e. The number of benzene rings is 2. The molecule has 0 saturated heterocycles. The number of hydrogen-bond donors (Lipinski definition) is 2. The van der Waals surface area contributed by atoms with Gasteiger partial charge in [0, 0.05) is 23.6 Å². The number of phenols is 2. The van der Waals surface area contributed by atoms with Crippen LogP contribution in [-0.2, 0) is 0 Å². The Labute approximate surface area is 124 Å². The van der Waals surface area contributed by atoms with Gasteiger partial charge in [0.2, 0.25) is 0 Å². The highest BCUT2D eigenvalue weighted by molar-refractivity contribution is 5.84. The second-order valence-corrected chi connectivity index (χ2v) is 4.64. The van der Waals surface area contributed by atoms with E-state index in [9.17, 15) is 10.2 Å². The van der Waals surface area contributed by atoms with Gasteiger partial charge in [0.1, 0.15) is 11.5 Å². The summed E-state index contributed by atoms with van der Waals surface area (Å²) in [5, 5.41) is 19.4. The molecule has 2 aromatic rings. The summed E-state index contributed by atoms with van der Waals surface area (Å²) in [5.74, 6) is 0.480. The minimum absolute atomic E-state index is 0.217. The number of nitrogens with zero attached hydrogens (tertiary/aromatic N) is 2. The van der Waals surface area contributed by atoms with E-state index in [2.05, 4.69) is 9.98 Å². The maximum atomic E-state index is 9.83. The summed E-state index contributed by atoms with van der Waals surface area (Å²) in [6.07, 6.45) is 3.28. The summed E-state index contributed by atoms with van der Waals surface area (Å²) in [6, 6.07) is 12.6. The number of para-hydroxylation sites is 2. The van der Waals surface area contributed by atoms with Gasteiger partial charge in [0.25, 0.3) is 0 Å². The Kier molecular flexibility index (Phi) is 5.10. The maximum Gasteiger partial charge on any atom is 0.127 e. The molecular formula is C17H18N2O2. The first kappa shape index (κ1) is 14.8. The van der Waals surface area contributed by atoms with Gasteiger partial charge in [-0.05, 0) is 30.7 Å². The van der Waals surface area contributed by atoms with Crippen molar-refractivity contribution < 1.29 is 10.2 Å². The van der Waals surface area contributed by atoms with Gasteiger partial charge in [0.05, 0.1) is 13.1 Å². The number of hydrogen-bond acceptors (Lipinski definition) is 4. The lowest BCUT2D eigenvalue weighted by Gasteiger charge is -2.01. The molecule has 0 heterocycles. The molecule has 0 atom stereocenters. The van der Waals surface area contributed by atoms with Crippen LogP contribution in [0.15, 0.2) is 52.4 Å². The predicted molar refractivity (Wildman–Crippen MR) is 85.9 cm³/mol. The first-order valence-electron chi connectivity index (χ1n) is 6.74. The van der Waals surface area contributed by atoms with E-state index < -0.39 is 0 Å². The van der Waals surface area contributed by atoms with Crippen molar-refractivity contribution in [3.63, 3.8) is 0 Å². The fourth-order valence-corrected chi connectivity index (χ4v) is 1.82. The highest BCUT2D eigenvalue weighted by Gasteiger charge is 1.99. The third kappa shape index (κ3) is 4.18. The highest BCUT2D eigenvalue weighted by atomic mass is 16.3. The molecule has 0 amide bonds. The molecule has 0 spiro atoms. The third-order valence-corrected chi connectivity index (χ3v) is 3.02. The zero-order valence-electron chi connectivity index (χ0n) is 11.9. The molecule has 2 rings (SSSR count). The lowest BCUT2D eigenvalue weighted by atomic mass is 10.1. The molecule has 0 aliphatic carbocycles. The summed E-state index contributed by atoms with van der Waals surface area (Å²) in [5.41, 5.74) is 2.23. The van der Waals surface area contributed by atoms with Crippen molar-refractivity contribution in [2.24, 2.45) is 9.98 Å². The van der Waals surface area contributed by atoms with Crippen LogP contribution in [-0.4, -0.2) is 35.7 Å². The topological polar surface area (TPSA) is 65.2 Å². The Morgan fingerprint density at radius 1 is 0.857 bits per heavy atom. The molecule has 4 heteroatoms. The molecule has 0 aliphatic rings. The molecule has 21 heavy (non-hydrogen) atoms. The molecule has 4 nitrogen and oxygen atoms in total. The molecule has 0 fully saturated rings. The summed E-state index contributed by atoms with van der Waals surface area (Å²) in [7, 11) is 0. The number of rotatable bonds is 5. The third-order valence-electron chi connectivity index (χ3n) is 3.02. The van der Waals surface area contributed by atoms with Crippen LogP contribution in [0, 0.1) is 6.92 Å². The molecule has 0 aromatic heterocycles. The zero-order chi connectivity index (χ0) is 15.1. The molecule has 2 aromatic carbocycles. The van der Waals surface area contributed by atoms with E-state index in [1.54, 1.807) is 30.6 Å². The molecule has 0 radical (unpaired) electrons. The van der Waals surface area contributed by atoms with Gasteiger partial charge < -0.3 is 10.2 Å². The lowest BCUT2D eigenvalue weighted by molar-refractivity contribution is 0.470. The first-order valence-corrected chi connectivity index (χ1v) is 6.74. The van der Waals surface area contributed by atoms with Crippen molar-refractivity contribution in [3.8, 4) is 11.5 Å². The largest absolute Gasteiger partial charge is 0.507 e. The molecule has 0 unspecified atom stereocenters. The van der Waals surface area contributed by atoms with Crippen LogP contribution >= 0.6 is 0 Å². The van der Waals surface area contributed by atoms with Crippen LogP contribution in [0.3, 0.4) is 0 Å². The molecule has 2 N–H and O–H groups in total. The van der Waals surface area contributed by atoms with E-state index in [0.29, 0.717) is 24.2 Å². The highest BCUT2D eigenvalue weighted by Crippen LogP contribution is 2.19. The first-order chi connectivity index (χ1) is 10.2. The fraction of sp³-hybridized carbons (Fsp3) is 0.176. The Balaban J connectivity index is 1.86. The second kappa shape index (κ2) is 7.24. The zero-order valence-corrected chi connectivity index (χ0v) is 11.9. The normalized spacial score (nSPS) is 11.5. The average Bonchev–Trinajstić information content (AvgIpc) is 2.48. The van der Waals surface area contributed by atoms with E-state index in [1.165, 1.54) is 0 Å². The van der Waals surface area contributed by atoms with Gasteiger partial charge in [-0.1, -0.05) is 24.3 Å². The van der Waals surface area contributed by atoms with Crippen molar-refractivity contribution in [1.29, 1.82) is 0 Å². The number of aromatic hydroxyl groups is 2. The van der Waals surface area contributed by atoms with Crippen LogP contribution < -0.4 is 0 Å². The van der Waals surface area contributed by atoms with Crippen molar-refractivity contribution in [2.45, 2.75) is 6.92 Å². The monoisotopic (exact) mass is 282 g/mol. The predicted octanol–water partition coefficient (Wildman–Crippen LogP) is 2.94. The molecule has 108 valence electrons. The van der Waals surface area contributed by atoms with Crippen molar-refractivity contribution in [3.05, 3.63) is 59.2 Å². The van der Waals surface area contributed by atoms with E-state index in [1.807, 2.05) is 31.2 Å². The summed E-state index contributed by atoms with van der Waals surface area (Å²) >= 11 is 0. The van der Waals surface area contributed by atoms with Crippen molar-refractivity contribution >= 4 is 12.4 Å². The lowest BCUT2D eigenvalue weighted by Crippen LogP contribution is -1.91. The summed E-state index contributed by atoms with van der Waals surface area (Å²) in [6.45, 7) is 2.90. The second-order valence-electron chi connectivity index (χ2n) is 4.64. The summed E-state index contributed by atoms with van der Waals surface area (Å²) < 4.78 is 0. The van der Waals surface area contributed by atoms with Crippen LogP contribution in [0.1, 0.15) is 16.7 Å². The Hall–Kier alpha value is -2.62. The van der Waals surface area contributed by atoms with Gasteiger partial charge in [-0.3, -0.25) is 9.98 Å². The Morgan fingerprint density at radius 3 is 2.19 bits per heavy atom. The summed E-state index contributed by atoms with van der Waals surface area (Å²) in [4.78, 5) is 8.45. The van der Waals surface area contributed by atoms with Crippen LogP contribution in [0.4, 0.5) is 0 Å². The van der Waals surface area contributed by atoms with Gasteiger partial charge in [-0.2, -0.15) is 0 Å². The standard InChI is InChI=1S/C17H18N2O2/c1-13-5-4-7-15(17(13)21)12-19-10-9-18-11-14-6-2-3-8-16(14)20/h2-8,11-12,20-21H,9-10H2,1H3. The SMILES string of the molecule is Cc1cccc(C=NCCN=Cc2ccccc2O)c1O. The molecule has 0 aliphatic heterocycles. The minimum atomic E-state index is 0.217. The van der Waals surface area contributed by atoms with E-state index in [-0.39, 0.29) is 11.5 Å². The van der Waals surface area contributed by atoms with Gasteiger partial charge in [0.15, 0.2) is 0 Å². The van der Waals surface area contributed by atoms with E-state index >= 15 is 0 Å². The van der Waals surface area contributed by atoms with Crippen molar-refractivity contribution in [2.75, 3.05) is 13.1 Å². The van der Waals surface area contributed by atoms with Gasteiger partial charge >= 0.3 is 0 Å². The van der Waals surface area contributed by atoms with Crippen LogP contribution in [0.5, 0.6) is 11.5 Å². The maximum absolute atomic E-state index is 9.83. The molecule has 0 saturated carbocycles. The van der Waals surface area contributed by atoms with E-state index in [0.717, 1.165) is 5.56 Å². The number of aryl methyl sites for hydroxylation is 1. The molecular weight excluding hydrogens is 264 g/mol. The van der Waals surface area contributed by atoms with E-state index in [4.69, 9.17) is 0 Å². The quantitative estimate of drug-likeness (QED) is 0.654. The van der Waals surface area contributed by atoms with Crippen molar-refractivity contribution in [1.82, 2.24) is 0 Å². The molecule has 0 bridgehead atoms. The Bertz CT molecular complexity index is 664. The average molecular weight is 282 g/mol. The fourth-order valence-electron chi connectivity index (χ4n) is 1.82.